The maximum atomic E-state index is 14.1. The number of likely N-dealkylation sites (tertiary alicyclic amines) is 1. The van der Waals surface area contributed by atoms with Gasteiger partial charge in [0.15, 0.2) is 0 Å². The van der Waals surface area contributed by atoms with Gasteiger partial charge in [-0.15, -0.1) is 0 Å². The Kier molecular flexibility index (Phi) is 10.8. The molecule has 1 fully saturated rings. The summed E-state index contributed by atoms with van der Waals surface area (Å²) in [4.78, 5) is 18.1. The number of nitrogens with zero attached hydrogens (tertiary/aromatic N) is 2. The van der Waals surface area contributed by atoms with E-state index in [1.807, 2.05) is 92.6 Å². The molecule has 0 spiro atoms. The average molecular weight is 447 g/mol. The van der Waals surface area contributed by atoms with Crippen LogP contribution in [-0.4, -0.2) is 59.6 Å². The fourth-order valence-corrected chi connectivity index (χ4v) is 4.30. The van der Waals surface area contributed by atoms with Crippen LogP contribution in [0.15, 0.2) is 103 Å². The quantitative estimate of drug-likeness (QED) is 0.484. The van der Waals surface area contributed by atoms with E-state index in [0.717, 1.165) is 29.7 Å². The minimum atomic E-state index is -0.405. The van der Waals surface area contributed by atoms with Crippen LogP contribution in [0.4, 0.5) is 0 Å². The van der Waals surface area contributed by atoms with Gasteiger partial charge in [-0.1, -0.05) is 92.1 Å². The first-order chi connectivity index (χ1) is 16.0. The number of hydrogen-bond donors (Lipinski definition) is 1. The van der Waals surface area contributed by atoms with Crippen LogP contribution in [0.5, 0.6) is 0 Å². The molecule has 4 nitrogen and oxygen atoms in total. The van der Waals surface area contributed by atoms with E-state index in [0.29, 0.717) is 13.1 Å². The van der Waals surface area contributed by atoms with Crippen molar-refractivity contribution in [1.82, 2.24) is 9.80 Å². The summed E-state index contributed by atoms with van der Waals surface area (Å²) in [6.45, 7) is 13.7. The van der Waals surface area contributed by atoms with Crippen molar-refractivity contribution in [2.45, 2.75) is 38.3 Å². The number of aliphatic hydroxyl groups excluding tert-OH is 1. The number of aliphatic hydroxyl groups is 1. The first-order valence-corrected chi connectivity index (χ1v) is 11.6. The lowest BCUT2D eigenvalue weighted by atomic mass is 9.88. The van der Waals surface area contributed by atoms with Crippen molar-refractivity contribution in [1.29, 1.82) is 0 Å². The van der Waals surface area contributed by atoms with Gasteiger partial charge in [-0.25, -0.2) is 0 Å². The predicted molar refractivity (Wildman–Crippen MR) is 139 cm³/mol. The standard InChI is InChI=1S/C29H38N2O2/c1-6-10-16-24(15-8-3)27(22-31-20-19-26(32)21-31)30(5)29(33)28(23(9-4)14-7-2)25-17-12-11-13-18-25/h6-18,26-28,32H,1,3,19-22H2,2,4-5H3/b14-7-,16-10-,23-9+,24-15+/t26-,27?,28?/m0/s1. The van der Waals surface area contributed by atoms with Crippen LogP contribution in [-0.2, 0) is 4.79 Å². The Balaban J connectivity index is 2.49. The molecule has 2 rings (SSSR count). The van der Waals surface area contributed by atoms with E-state index in [9.17, 15) is 9.90 Å². The lowest BCUT2D eigenvalue weighted by molar-refractivity contribution is -0.132. The summed E-state index contributed by atoms with van der Waals surface area (Å²) in [5.41, 5.74) is 2.90. The number of amides is 1. The van der Waals surface area contributed by atoms with Gasteiger partial charge in [-0.05, 0) is 37.0 Å². The van der Waals surface area contributed by atoms with Crippen molar-refractivity contribution in [3.63, 3.8) is 0 Å². The van der Waals surface area contributed by atoms with Crippen LogP contribution >= 0.6 is 0 Å². The first-order valence-electron chi connectivity index (χ1n) is 11.6. The molecule has 1 amide bonds. The molecule has 33 heavy (non-hydrogen) atoms. The van der Waals surface area contributed by atoms with Gasteiger partial charge in [0.2, 0.25) is 5.91 Å². The minimum Gasteiger partial charge on any atom is -0.392 e. The highest BCUT2D eigenvalue weighted by atomic mass is 16.3. The highest BCUT2D eigenvalue weighted by Crippen LogP contribution is 2.30. The molecule has 1 heterocycles. The van der Waals surface area contributed by atoms with E-state index >= 15 is 0 Å². The number of carbonyl (C=O) groups excluding carboxylic acids is 1. The van der Waals surface area contributed by atoms with Crippen LogP contribution in [0.2, 0.25) is 0 Å². The fourth-order valence-electron chi connectivity index (χ4n) is 4.30. The normalized spacial score (nSPS) is 19.7. The van der Waals surface area contributed by atoms with E-state index in [1.165, 1.54) is 0 Å². The van der Waals surface area contributed by atoms with Crippen molar-refractivity contribution in [2.75, 3.05) is 26.7 Å². The highest BCUT2D eigenvalue weighted by molar-refractivity contribution is 5.88. The predicted octanol–water partition coefficient (Wildman–Crippen LogP) is 5.04. The third kappa shape index (κ3) is 7.28. The first kappa shape index (κ1) is 26.3. The van der Waals surface area contributed by atoms with Crippen LogP contribution in [0.25, 0.3) is 0 Å². The third-order valence-electron chi connectivity index (χ3n) is 6.02. The molecule has 3 atom stereocenters. The molecule has 0 aromatic heterocycles. The maximum Gasteiger partial charge on any atom is 0.234 e. The molecule has 1 aromatic rings. The third-order valence-corrected chi connectivity index (χ3v) is 6.02. The smallest absolute Gasteiger partial charge is 0.234 e. The van der Waals surface area contributed by atoms with Crippen LogP contribution in [0.3, 0.4) is 0 Å². The summed E-state index contributed by atoms with van der Waals surface area (Å²) >= 11 is 0. The summed E-state index contributed by atoms with van der Waals surface area (Å²) in [5, 5.41) is 10.0. The Morgan fingerprint density at radius 2 is 1.91 bits per heavy atom. The molecule has 4 heteroatoms. The Labute approximate surface area is 199 Å². The molecule has 2 unspecified atom stereocenters. The number of likely N-dealkylation sites (N-methyl/N-ethyl adjacent to an activating group) is 1. The van der Waals surface area contributed by atoms with E-state index in [4.69, 9.17) is 0 Å². The van der Waals surface area contributed by atoms with Gasteiger partial charge in [-0.3, -0.25) is 9.69 Å². The van der Waals surface area contributed by atoms with Gasteiger partial charge in [0.05, 0.1) is 18.1 Å². The highest BCUT2D eigenvalue weighted by Gasteiger charge is 2.33. The molecule has 1 saturated heterocycles. The Morgan fingerprint density at radius 3 is 2.45 bits per heavy atom. The number of β-amino-alcohol motifs (C(OH)–C–C–N with tert-alkyl or cyclic N) is 1. The summed E-state index contributed by atoms with van der Waals surface area (Å²) < 4.78 is 0. The van der Waals surface area contributed by atoms with Crippen molar-refractivity contribution in [2.24, 2.45) is 0 Å². The molecule has 1 N–H and O–H groups in total. The second-order valence-corrected chi connectivity index (χ2v) is 8.30. The van der Waals surface area contributed by atoms with Gasteiger partial charge in [-0.2, -0.15) is 0 Å². The van der Waals surface area contributed by atoms with Crippen LogP contribution in [0.1, 0.15) is 31.7 Å². The van der Waals surface area contributed by atoms with E-state index in [-0.39, 0.29) is 18.1 Å². The number of rotatable bonds is 11. The molecule has 0 aliphatic carbocycles. The molecule has 176 valence electrons. The summed E-state index contributed by atoms with van der Waals surface area (Å²) in [7, 11) is 1.87. The molecule has 1 aliphatic rings. The fraction of sp³-hybridized carbons (Fsp3) is 0.345. The topological polar surface area (TPSA) is 43.8 Å². The lowest BCUT2D eigenvalue weighted by Crippen LogP contribution is -2.47. The molecule has 0 saturated carbocycles. The molecule has 1 aromatic carbocycles. The number of benzene rings is 1. The zero-order valence-electron chi connectivity index (χ0n) is 20.2. The summed E-state index contributed by atoms with van der Waals surface area (Å²) in [6.07, 6.45) is 15.7. The van der Waals surface area contributed by atoms with Gasteiger partial charge in [0, 0.05) is 26.7 Å². The summed E-state index contributed by atoms with van der Waals surface area (Å²) in [5.74, 6) is -0.378. The van der Waals surface area contributed by atoms with E-state index in [2.05, 4.69) is 18.1 Å². The minimum absolute atomic E-state index is 0.0270. The maximum absolute atomic E-state index is 14.1. The number of hydrogen-bond acceptors (Lipinski definition) is 3. The van der Waals surface area contributed by atoms with Gasteiger partial charge in [0.1, 0.15) is 0 Å². The van der Waals surface area contributed by atoms with Gasteiger partial charge in [0.25, 0.3) is 0 Å². The molecule has 0 bridgehead atoms. The van der Waals surface area contributed by atoms with E-state index in [1.54, 1.807) is 12.2 Å². The zero-order chi connectivity index (χ0) is 24.2. The van der Waals surface area contributed by atoms with Gasteiger partial charge < -0.3 is 10.0 Å². The second-order valence-electron chi connectivity index (χ2n) is 8.30. The number of carbonyl (C=O) groups is 1. The van der Waals surface area contributed by atoms with Crippen LogP contribution in [0, 0.1) is 0 Å². The second kappa shape index (κ2) is 13.6. The molecular weight excluding hydrogens is 408 g/mol. The largest absolute Gasteiger partial charge is 0.392 e. The van der Waals surface area contributed by atoms with Gasteiger partial charge >= 0.3 is 0 Å². The molecular formula is C29H38N2O2. The Bertz CT molecular complexity index is 911. The van der Waals surface area contributed by atoms with Crippen LogP contribution < -0.4 is 0 Å². The Morgan fingerprint density at radius 1 is 1.18 bits per heavy atom. The lowest BCUT2D eigenvalue weighted by Gasteiger charge is -2.35. The average Bonchev–Trinajstić information content (AvgIpc) is 3.24. The molecule has 1 aliphatic heterocycles. The number of allylic oxidation sites excluding steroid dienone is 7. The van der Waals surface area contributed by atoms with Crippen molar-refractivity contribution < 1.29 is 9.90 Å². The SMILES string of the molecule is C=C/C=C\C(=C/C=C)C(CN1CC[C@H](O)C1)N(C)C(=O)C(C(/C=C\C)=C/C)c1ccccc1. The van der Waals surface area contributed by atoms with Crippen molar-refractivity contribution in [3.8, 4) is 0 Å². The monoisotopic (exact) mass is 446 g/mol. The van der Waals surface area contributed by atoms with E-state index < -0.39 is 5.92 Å². The Hall–Kier alpha value is -2.95. The summed E-state index contributed by atoms with van der Waals surface area (Å²) in [6, 6.07) is 9.72. The van der Waals surface area contributed by atoms with Crippen molar-refractivity contribution in [3.05, 3.63) is 109 Å². The van der Waals surface area contributed by atoms with Crippen molar-refractivity contribution >= 4 is 5.91 Å². The zero-order valence-corrected chi connectivity index (χ0v) is 20.2. The molecule has 0 radical (unpaired) electrons.